The van der Waals surface area contributed by atoms with Gasteiger partial charge in [-0.2, -0.15) is 0 Å². The third kappa shape index (κ3) is 3.10. The van der Waals surface area contributed by atoms with Crippen molar-refractivity contribution in [1.29, 1.82) is 0 Å². The van der Waals surface area contributed by atoms with E-state index in [-0.39, 0.29) is 18.2 Å². The number of methoxy groups -OCH3 is 1. The van der Waals surface area contributed by atoms with Gasteiger partial charge in [-0.05, 0) is 24.6 Å². The number of carbonyl (C=O) groups excluding carboxylic acids is 1. The molecule has 0 amide bonds. The zero-order chi connectivity index (χ0) is 11.6. The fourth-order valence-electron chi connectivity index (χ4n) is 1.25. The number of phenolic OH excluding ortho intramolecular Hbond substituents is 1. The Morgan fingerprint density at radius 3 is 2.62 bits per heavy atom. The molecule has 0 fully saturated rings. The third-order valence-electron chi connectivity index (χ3n) is 2.08. The molecule has 0 aliphatic heterocycles. The number of aromatic hydroxyl groups is 1. The molecule has 4 nitrogen and oxygen atoms in total. The predicted octanol–water partition coefficient (Wildman–Crippen LogP) is 2.06. The molecule has 3 N–H and O–H groups in total. The minimum absolute atomic E-state index is 0. The lowest BCUT2D eigenvalue weighted by Gasteiger charge is -2.13. The fourth-order valence-corrected chi connectivity index (χ4v) is 1.84. The summed E-state index contributed by atoms with van der Waals surface area (Å²) in [4.78, 5) is 11.2. The second-order valence-electron chi connectivity index (χ2n) is 3.16. The summed E-state index contributed by atoms with van der Waals surface area (Å²) in [5.41, 5.74) is 6.64. The van der Waals surface area contributed by atoms with Crippen LogP contribution in [0.2, 0.25) is 0 Å². The summed E-state index contributed by atoms with van der Waals surface area (Å²) >= 11 is 3.27. The SMILES string of the molecule is COC(=O)[C@H](N)c1cc(Br)cc(C)c1O.Cl. The molecule has 1 atom stereocenters. The van der Waals surface area contributed by atoms with Crippen molar-refractivity contribution in [2.75, 3.05) is 7.11 Å². The summed E-state index contributed by atoms with van der Waals surface area (Å²) in [6.45, 7) is 1.73. The number of ether oxygens (including phenoxy) is 1. The first-order valence-corrected chi connectivity index (χ1v) is 5.09. The van der Waals surface area contributed by atoms with Crippen molar-refractivity contribution in [2.45, 2.75) is 13.0 Å². The van der Waals surface area contributed by atoms with Crippen LogP contribution in [0.1, 0.15) is 17.2 Å². The first-order chi connectivity index (χ1) is 6.97. The number of aryl methyl sites for hydroxylation is 1. The topological polar surface area (TPSA) is 72.5 Å². The van der Waals surface area contributed by atoms with Crippen molar-refractivity contribution < 1.29 is 14.6 Å². The second kappa shape index (κ2) is 6.08. The zero-order valence-corrected chi connectivity index (χ0v) is 11.3. The van der Waals surface area contributed by atoms with E-state index in [1.165, 1.54) is 7.11 Å². The number of phenols is 1. The van der Waals surface area contributed by atoms with E-state index in [9.17, 15) is 9.90 Å². The Morgan fingerprint density at radius 1 is 1.56 bits per heavy atom. The van der Waals surface area contributed by atoms with Crippen molar-refractivity contribution in [3.63, 3.8) is 0 Å². The Morgan fingerprint density at radius 2 is 2.12 bits per heavy atom. The van der Waals surface area contributed by atoms with Crippen LogP contribution in [0, 0.1) is 6.92 Å². The maximum Gasteiger partial charge on any atom is 0.327 e. The molecule has 0 saturated heterocycles. The molecular formula is C10H13BrClNO3. The van der Waals surface area contributed by atoms with Gasteiger partial charge in [-0.15, -0.1) is 12.4 Å². The number of hydrogen-bond donors (Lipinski definition) is 2. The Balaban J connectivity index is 0.00000225. The Hall–Kier alpha value is -0.780. The highest BCUT2D eigenvalue weighted by atomic mass is 79.9. The number of esters is 1. The number of halogens is 2. The number of carbonyl (C=O) groups is 1. The van der Waals surface area contributed by atoms with Gasteiger partial charge in [0.2, 0.25) is 0 Å². The molecule has 1 aromatic carbocycles. The molecule has 0 radical (unpaired) electrons. The molecule has 0 aliphatic rings. The fraction of sp³-hybridized carbons (Fsp3) is 0.300. The van der Waals surface area contributed by atoms with Gasteiger partial charge in [0.1, 0.15) is 11.8 Å². The molecule has 90 valence electrons. The highest BCUT2D eigenvalue weighted by molar-refractivity contribution is 9.10. The highest BCUT2D eigenvalue weighted by Gasteiger charge is 2.21. The molecular weight excluding hydrogens is 297 g/mol. The quantitative estimate of drug-likeness (QED) is 0.820. The maximum absolute atomic E-state index is 11.2. The van der Waals surface area contributed by atoms with Crippen LogP contribution in [-0.4, -0.2) is 18.2 Å². The minimum atomic E-state index is -0.966. The highest BCUT2D eigenvalue weighted by Crippen LogP contribution is 2.30. The van der Waals surface area contributed by atoms with Crippen molar-refractivity contribution in [3.05, 3.63) is 27.7 Å². The van der Waals surface area contributed by atoms with E-state index in [1.807, 2.05) is 0 Å². The molecule has 6 heteroatoms. The van der Waals surface area contributed by atoms with Crippen molar-refractivity contribution >= 4 is 34.3 Å². The molecule has 0 unspecified atom stereocenters. The van der Waals surface area contributed by atoms with Crippen molar-refractivity contribution in [2.24, 2.45) is 5.73 Å². The van der Waals surface area contributed by atoms with E-state index < -0.39 is 12.0 Å². The van der Waals surface area contributed by atoms with Crippen LogP contribution < -0.4 is 5.73 Å². The van der Waals surface area contributed by atoms with Crippen LogP contribution >= 0.6 is 28.3 Å². The van der Waals surface area contributed by atoms with Gasteiger partial charge in [0.05, 0.1) is 7.11 Å². The summed E-state index contributed by atoms with van der Waals surface area (Å²) in [5.74, 6) is -0.557. The van der Waals surface area contributed by atoms with E-state index in [1.54, 1.807) is 19.1 Å². The predicted molar refractivity (Wildman–Crippen MR) is 66.7 cm³/mol. The summed E-state index contributed by atoms with van der Waals surface area (Å²) in [6.07, 6.45) is 0. The average molecular weight is 311 g/mol. The van der Waals surface area contributed by atoms with Crippen molar-refractivity contribution in [3.8, 4) is 5.75 Å². The molecule has 0 spiro atoms. The molecule has 0 aromatic heterocycles. The zero-order valence-electron chi connectivity index (χ0n) is 8.86. The second-order valence-corrected chi connectivity index (χ2v) is 4.08. The monoisotopic (exact) mass is 309 g/mol. The first kappa shape index (κ1) is 15.2. The maximum atomic E-state index is 11.2. The molecule has 0 heterocycles. The van der Waals surface area contributed by atoms with Crippen LogP contribution in [0.3, 0.4) is 0 Å². The van der Waals surface area contributed by atoms with Gasteiger partial charge in [-0.3, -0.25) is 4.79 Å². The van der Waals surface area contributed by atoms with E-state index in [2.05, 4.69) is 20.7 Å². The van der Waals surface area contributed by atoms with E-state index in [0.29, 0.717) is 11.1 Å². The lowest BCUT2D eigenvalue weighted by atomic mass is 10.0. The van der Waals surface area contributed by atoms with Crippen molar-refractivity contribution in [1.82, 2.24) is 0 Å². The first-order valence-electron chi connectivity index (χ1n) is 4.29. The molecule has 1 rings (SSSR count). The Kier molecular flexibility index (Phi) is 5.78. The standard InChI is InChI=1S/C10H12BrNO3.ClH/c1-5-3-6(11)4-7(9(5)13)8(12)10(14)15-2;/h3-4,8,13H,12H2,1-2H3;1H/t8-;/m1./s1. The van der Waals surface area contributed by atoms with Crippen LogP contribution in [0.4, 0.5) is 0 Å². The molecule has 0 aliphatic carbocycles. The molecule has 16 heavy (non-hydrogen) atoms. The lowest BCUT2D eigenvalue weighted by Crippen LogP contribution is -2.22. The summed E-state index contributed by atoms with van der Waals surface area (Å²) in [7, 11) is 1.25. The van der Waals surface area contributed by atoms with Gasteiger partial charge >= 0.3 is 5.97 Å². The number of benzene rings is 1. The van der Waals surface area contributed by atoms with E-state index >= 15 is 0 Å². The van der Waals surface area contributed by atoms with E-state index in [0.717, 1.165) is 4.47 Å². The summed E-state index contributed by atoms with van der Waals surface area (Å²) in [6, 6.07) is 2.37. The third-order valence-corrected chi connectivity index (χ3v) is 2.54. The van der Waals surface area contributed by atoms with Gasteiger partial charge < -0.3 is 15.6 Å². The van der Waals surface area contributed by atoms with Gasteiger partial charge in [0.25, 0.3) is 0 Å². The Bertz CT molecular complexity index is 398. The number of hydrogen-bond acceptors (Lipinski definition) is 4. The van der Waals surface area contributed by atoms with Gasteiger partial charge in [-0.25, -0.2) is 0 Å². The Labute approximate surface area is 108 Å². The van der Waals surface area contributed by atoms with E-state index in [4.69, 9.17) is 5.73 Å². The van der Waals surface area contributed by atoms with Crippen LogP contribution in [-0.2, 0) is 9.53 Å². The van der Waals surface area contributed by atoms with Crippen LogP contribution in [0.15, 0.2) is 16.6 Å². The number of nitrogens with two attached hydrogens (primary N) is 1. The minimum Gasteiger partial charge on any atom is -0.507 e. The molecule has 0 bridgehead atoms. The van der Waals surface area contributed by atoms with Crippen LogP contribution in [0.5, 0.6) is 5.75 Å². The summed E-state index contributed by atoms with van der Waals surface area (Å²) < 4.78 is 5.27. The molecule has 0 saturated carbocycles. The van der Waals surface area contributed by atoms with Crippen LogP contribution in [0.25, 0.3) is 0 Å². The largest absolute Gasteiger partial charge is 0.507 e. The molecule has 1 aromatic rings. The van der Waals surface area contributed by atoms with Gasteiger partial charge in [0.15, 0.2) is 0 Å². The van der Waals surface area contributed by atoms with Gasteiger partial charge in [-0.1, -0.05) is 15.9 Å². The van der Waals surface area contributed by atoms with Gasteiger partial charge in [0, 0.05) is 10.0 Å². The lowest BCUT2D eigenvalue weighted by molar-refractivity contribution is -0.142. The average Bonchev–Trinajstić information content (AvgIpc) is 2.21. The summed E-state index contributed by atoms with van der Waals surface area (Å²) in [5, 5.41) is 9.73. The smallest absolute Gasteiger partial charge is 0.327 e. The number of rotatable bonds is 2. The normalized spacial score (nSPS) is 11.5.